The Balaban J connectivity index is 2.77. The maximum atomic E-state index is 8.22. The second kappa shape index (κ2) is 6.22. The highest BCUT2D eigenvalue weighted by Gasteiger charge is 2.47. The van der Waals surface area contributed by atoms with Crippen LogP contribution in [0.15, 0.2) is 30.5 Å². The smallest absolute Gasteiger partial charge is 0.117 e. The monoisotopic (exact) mass is 298 g/mol. The quantitative estimate of drug-likeness (QED) is 0.399. The van der Waals surface area contributed by atoms with Crippen molar-refractivity contribution < 1.29 is 0 Å². The molecule has 5 nitrogen and oxygen atoms in total. The molecule has 0 fully saturated rings. The lowest BCUT2D eigenvalue weighted by Gasteiger charge is -2.38. The fourth-order valence-electron chi connectivity index (χ4n) is 3.32. The normalized spacial score (nSPS) is 14.1. The van der Waals surface area contributed by atoms with Crippen molar-refractivity contribution in [1.82, 2.24) is 4.98 Å². The van der Waals surface area contributed by atoms with Gasteiger partial charge in [-0.2, -0.15) is 0 Å². The molecule has 0 unspecified atom stereocenters. The van der Waals surface area contributed by atoms with Crippen LogP contribution in [0.3, 0.4) is 0 Å². The summed E-state index contributed by atoms with van der Waals surface area (Å²) in [5.74, 6) is 0.838. The number of H-pyrrole nitrogens is 1. The number of aromatic amines is 1. The van der Waals surface area contributed by atoms with E-state index in [1.807, 2.05) is 37.4 Å². The molecule has 7 N–H and O–H groups in total. The van der Waals surface area contributed by atoms with E-state index in [4.69, 9.17) is 22.3 Å². The van der Waals surface area contributed by atoms with Gasteiger partial charge >= 0.3 is 0 Å². The van der Waals surface area contributed by atoms with Crippen molar-refractivity contribution in [2.75, 3.05) is 0 Å². The fraction of sp³-hybridized carbons (Fsp3) is 0.353. The minimum absolute atomic E-state index is 0.0879. The predicted octanol–water partition coefficient (Wildman–Crippen LogP) is 3.06. The average molecular weight is 298 g/mol. The number of nitrogens with one attached hydrogen (secondary N) is 3. The second-order valence-electron chi connectivity index (χ2n) is 5.53. The zero-order valence-electron chi connectivity index (χ0n) is 13.2. The van der Waals surface area contributed by atoms with E-state index in [1.165, 1.54) is 0 Å². The summed E-state index contributed by atoms with van der Waals surface area (Å²) in [6.45, 7) is 4.11. The third-order valence-corrected chi connectivity index (χ3v) is 4.31. The molecule has 0 aliphatic rings. The Morgan fingerprint density at radius 2 is 1.77 bits per heavy atom. The average Bonchev–Trinajstić information content (AvgIpc) is 2.91. The van der Waals surface area contributed by atoms with Crippen LogP contribution in [-0.4, -0.2) is 16.7 Å². The zero-order chi connectivity index (χ0) is 16.3. The summed E-state index contributed by atoms with van der Waals surface area (Å²) in [4.78, 5) is 3.21. The molecule has 0 spiro atoms. The van der Waals surface area contributed by atoms with Crippen LogP contribution >= 0.6 is 0 Å². The fourth-order valence-corrected chi connectivity index (χ4v) is 3.32. The van der Waals surface area contributed by atoms with Gasteiger partial charge in [-0.3, -0.25) is 10.8 Å². The first kappa shape index (κ1) is 16.1. The summed E-state index contributed by atoms with van der Waals surface area (Å²) < 4.78 is 0. The molecule has 1 aromatic carbocycles. The van der Waals surface area contributed by atoms with Gasteiger partial charge in [0.05, 0.1) is 0 Å². The number of aromatic nitrogens is 1. The SMILES string of the molecule is CCC[C](CC)C(C(=N)N)(C(=N)N)c1c[nH]c2ccccc12. The van der Waals surface area contributed by atoms with Crippen LogP contribution in [0.2, 0.25) is 0 Å². The molecule has 2 aromatic rings. The predicted molar refractivity (Wildman–Crippen MR) is 92.2 cm³/mol. The van der Waals surface area contributed by atoms with Crippen molar-refractivity contribution in [3.05, 3.63) is 41.9 Å². The van der Waals surface area contributed by atoms with Crippen molar-refractivity contribution in [3.8, 4) is 0 Å². The van der Waals surface area contributed by atoms with Crippen molar-refractivity contribution in [2.45, 2.75) is 38.5 Å². The Hall–Kier alpha value is -2.30. The molecule has 0 aliphatic heterocycles. The maximum absolute atomic E-state index is 8.22. The Morgan fingerprint density at radius 1 is 1.14 bits per heavy atom. The van der Waals surface area contributed by atoms with E-state index < -0.39 is 5.41 Å². The topological polar surface area (TPSA) is 116 Å². The van der Waals surface area contributed by atoms with Crippen LogP contribution in [-0.2, 0) is 5.41 Å². The molecule has 22 heavy (non-hydrogen) atoms. The minimum Gasteiger partial charge on any atom is -0.387 e. The van der Waals surface area contributed by atoms with Crippen LogP contribution in [0.25, 0.3) is 10.9 Å². The third kappa shape index (κ3) is 2.26. The molecular weight excluding hydrogens is 274 g/mol. The Labute approximate surface area is 131 Å². The van der Waals surface area contributed by atoms with E-state index in [9.17, 15) is 0 Å². The van der Waals surface area contributed by atoms with Gasteiger partial charge in [-0.25, -0.2) is 0 Å². The van der Waals surface area contributed by atoms with Gasteiger partial charge in [-0.15, -0.1) is 0 Å². The molecule has 0 saturated carbocycles. The second-order valence-corrected chi connectivity index (χ2v) is 5.53. The third-order valence-electron chi connectivity index (χ3n) is 4.31. The number of benzene rings is 1. The molecule has 5 heteroatoms. The highest BCUT2D eigenvalue weighted by atomic mass is 14.9. The number of nitrogens with two attached hydrogens (primary N) is 2. The Kier molecular flexibility index (Phi) is 4.54. The first-order valence-corrected chi connectivity index (χ1v) is 7.60. The van der Waals surface area contributed by atoms with Gasteiger partial charge < -0.3 is 16.5 Å². The van der Waals surface area contributed by atoms with E-state index in [1.54, 1.807) is 0 Å². The number of amidine groups is 2. The zero-order valence-corrected chi connectivity index (χ0v) is 13.2. The molecule has 1 heterocycles. The van der Waals surface area contributed by atoms with Crippen LogP contribution in [0.5, 0.6) is 0 Å². The summed E-state index contributed by atoms with van der Waals surface area (Å²) >= 11 is 0. The van der Waals surface area contributed by atoms with Crippen molar-refractivity contribution in [2.24, 2.45) is 11.5 Å². The van der Waals surface area contributed by atoms with Gasteiger partial charge in [-0.1, -0.05) is 38.5 Å². The molecule has 117 valence electrons. The van der Waals surface area contributed by atoms with Crippen molar-refractivity contribution in [3.63, 3.8) is 0 Å². The molecular formula is C17H24N5. The van der Waals surface area contributed by atoms with Crippen LogP contribution < -0.4 is 11.5 Å². The van der Waals surface area contributed by atoms with Gasteiger partial charge in [0.25, 0.3) is 0 Å². The van der Waals surface area contributed by atoms with Gasteiger partial charge in [-0.05, 0) is 24.5 Å². The summed E-state index contributed by atoms with van der Waals surface area (Å²) in [5.41, 5.74) is 12.6. The van der Waals surface area contributed by atoms with Crippen LogP contribution in [0.1, 0.15) is 38.7 Å². The summed E-state index contributed by atoms with van der Waals surface area (Å²) in [5, 5.41) is 17.4. The highest BCUT2D eigenvalue weighted by molar-refractivity contribution is 6.16. The summed E-state index contributed by atoms with van der Waals surface area (Å²) in [7, 11) is 0. The molecule has 0 amide bonds. The van der Waals surface area contributed by atoms with E-state index in [0.29, 0.717) is 0 Å². The molecule has 0 atom stereocenters. The number of hydrogen-bond donors (Lipinski definition) is 5. The standard InChI is InChI=1S/C17H24N5/c1-3-7-11(4-2)17(15(18)19,16(20)21)13-10-22-14-9-6-5-8-12(13)14/h5-6,8-10,22H,3-4,7H2,1-2H3,(H3,18,19)(H3,20,21). The molecule has 2 rings (SSSR count). The van der Waals surface area contributed by atoms with E-state index in [-0.39, 0.29) is 11.7 Å². The lowest BCUT2D eigenvalue weighted by atomic mass is 9.65. The minimum atomic E-state index is -1.12. The van der Waals surface area contributed by atoms with E-state index in [0.717, 1.165) is 41.6 Å². The number of fused-ring (bicyclic) bond motifs is 1. The van der Waals surface area contributed by atoms with E-state index in [2.05, 4.69) is 11.9 Å². The number of hydrogen-bond acceptors (Lipinski definition) is 2. The van der Waals surface area contributed by atoms with Crippen molar-refractivity contribution in [1.29, 1.82) is 10.8 Å². The number of para-hydroxylation sites is 1. The van der Waals surface area contributed by atoms with Gasteiger partial charge in [0.15, 0.2) is 0 Å². The summed E-state index contributed by atoms with van der Waals surface area (Å²) in [6, 6.07) is 7.83. The first-order chi connectivity index (χ1) is 10.5. The molecule has 0 bridgehead atoms. The molecule has 1 aromatic heterocycles. The largest absolute Gasteiger partial charge is 0.387 e. The molecule has 0 saturated heterocycles. The van der Waals surface area contributed by atoms with Gasteiger partial charge in [0.1, 0.15) is 17.1 Å². The van der Waals surface area contributed by atoms with Crippen LogP contribution in [0.4, 0.5) is 0 Å². The van der Waals surface area contributed by atoms with Gasteiger partial charge in [0, 0.05) is 23.0 Å². The Morgan fingerprint density at radius 3 is 2.32 bits per heavy atom. The molecule has 0 aliphatic carbocycles. The van der Waals surface area contributed by atoms with Crippen molar-refractivity contribution >= 4 is 22.6 Å². The van der Waals surface area contributed by atoms with E-state index >= 15 is 0 Å². The number of rotatable bonds is 7. The lowest BCUT2D eigenvalue weighted by molar-refractivity contribution is 0.610. The lowest BCUT2D eigenvalue weighted by Crippen LogP contribution is -2.54. The van der Waals surface area contributed by atoms with Gasteiger partial charge in [0.2, 0.25) is 0 Å². The first-order valence-electron chi connectivity index (χ1n) is 7.60. The molecule has 1 radical (unpaired) electrons. The Bertz CT molecular complexity index is 671. The summed E-state index contributed by atoms with van der Waals surface area (Å²) in [6.07, 6.45) is 4.27. The maximum Gasteiger partial charge on any atom is 0.117 e. The highest BCUT2D eigenvalue weighted by Crippen LogP contribution is 2.42. The van der Waals surface area contributed by atoms with Crippen LogP contribution in [0, 0.1) is 16.7 Å².